The number of rotatable bonds is 5. The van der Waals surface area contributed by atoms with E-state index in [2.05, 4.69) is 0 Å². The number of benzene rings is 2. The molecular weight excluding hydrogens is 457 g/mol. The molecule has 3 amide bonds. The van der Waals surface area contributed by atoms with Gasteiger partial charge in [0.2, 0.25) is 0 Å². The Morgan fingerprint density at radius 2 is 1.56 bits per heavy atom. The minimum Gasteiger partial charge on any atom is -0.272 e. The van der Waals surface area contributed by atoms with Crippen LogP contribution in [0.1, 0.15) is 28.8 Å². The second kappa shape index (κ2) is 8.72. The Kier molecular flexibility index (Phi) is 5.99. The van der Waals surface area contributed by atoms with E-state index < -0.39 is 34.5 Å². The molecule has 32 heavy (non-hydrogen) atoms. The Morgan fingerprint density at radius 1 is 1.00 bits per heavy atom. The topological polar surface area (TPSA) is 101 Å². The number of fused-ring (bicyclic) bond motifs is 1. The number of hydrogen-bond donors (Lipinski definition) is 0. The third-order valence-corrected chi connectivity index (χ3v) is 6.10. The van der Waals surface area contributed by atoms with Crippen molar-refractivity contribution < 1.29 is 19.3 Å². The monoisotopic (exact) mass is 473 g/mol. The number of carbonyl (C=O) groups excluding carboxylic acids is 3. The largest absolute Gasteiger partial charge is 0.275 e. The van der Waals surface area contributed by atoms with Gasteiger partial charge in [-0.2, -0.15) is 5.01 Å². The van der Waals surface area contributed by atoms with Crippen molar-refractivity contribution in [3.8, 4) is 0 Å². The highest BCUT2D eigenvalue weighted by molar-refractivity contribution is 6.31. The summed E-state index contributed by atoms with van der Waals surface area (Å²) in [6.45, 7) is -0.362. The molecule has 8 nitrogen and oxygen atoms in total. The van der Waals surface area contributed by atoms with Crippen molar-refractivity contribution in [2.75, 3.05) is 0 Å². The lowest BCUT2D eigenvalue weighted by Gasteiger charge is -2.30. The van der Waals surface area contributed by atoms with Crippen LogP contribution in [0.3, 0.4) is 0 Å². The van der Waals surface area contributed by atoms with Crippen LogP contribution in [0, 0.1) is 22.0 Å². The summed E-state index contributed by atoms with van der Waals surface area (Å²) >= 11 is 11.8. The Balaban J connectivity index is 1.77. The lowest BCUT2D eigenvalue weighted by Crippen LogP contribution is -2.49. The second-order valence-corrected chi connectivity index (χ2v) is 8.42. The van der Waals surface area contributed by atoms with Crippen molar-refractivity contribution in [1.82, 2.24) is 10.0 Å². The van der Waals surface area contributed by atoms with Crippen LogP contribution >= 0.6 is 23.2 Å². The molecule has 2 aromatic carbocycles. The molecule has 1 aliphatic carbocycles. The van der Waals surface area contributed by atoms with Gasteiger partial charge in [0.25, 0.3) is 23.4 Å². The van der Waals surface area contributed by atoms with Gasteiger partial charge in [0.15, 0.2) is 0 Å². The quantitative estimate of drug-likeness (QED) is 0.277. The smallest absolute Gasteiger partial charge is 0.272 e. The Hall–Kier alpha value is -3.23. The number of hydrazine groups is 1. The third-order valence-electron chi connectivity index (χ3n) is 5.62. The van der Waals surface area contributed by atoms with E-state index in [-0.39, 0.29) is 28.4 Å². The molecule has 0 N–H and O–H groups in total. The first-order chi connectivity index (χ1) is 15.3. The molecule has 1 aliphatic heterocycles. The molecule has 2 atom stereocenters. The van der Waals surface area contributed by atoms with Crippen LogP contribution in [0.2, 0.25) is 10.0 Å². The molecule has 1 saturated heterocycles. The molecule has 0 unspecified atom stereocenters. The lowest BCUT2D eigenvalue weighted by atomic mass is 9.85. The molecular formula is C22H17Cl2N3O5. The van der Waals surface area contributed by atoms with E-state index in [1.807, 2.05) is 12.2 Å². The number of imide groups is 1. The van der Waals surface area contributed by atoms with Crippen molar-refractivity contribution in [2.45, 2.75) is 19.4 Å². The molecule has 164 valence electrons. The summed E-state index contributed by atoms with van der Waals surface area (Å²) < 4.78 is 0. The highest BCUT2D eigenvalue weighted by atomic mass is 35.5. The van der Waals surface area contributed by atoms with E-state index in [1.165, 1.54) is 42.5 Å². The first-order valence-electron chi connectivity index (χ1n) is 9.81. The molecule has 10 heteroatoms. The van der Waals surface area contributed by atoms with Crippen LogP contribution in [0.15, 0.2) is 54.6 Å². The van der Waals surface area contributed by atoms with Crippen molar-refractivity contribution in [1.29, 1.82) is 0 Å². The fourth-order valence-corrected chi connectivity index (χ4v) is 4.29. The average molecular weight is 474 g/mol. The molecule has 2 aliphatic rings. The number of allylic oxidation sites excluding steroid dienone is 2. The van der Waals surface area contributed by atoms with Gasteiger partial charge in [0.1, 0.15) is 0 Å². The summed E-state index contributed by atoms with van der Waals surface area (Å²) in [5.41, 5.74) is -0.000455. The lowest BCUT2D eigenvalue weighted by molar-refractivity contribution is -0.385. The van der Waals surface area contributed by atoms with Crippen LogP contribution in [-0.2, 0) is 16.1 Å². The summed E-state index contributed by atoms with van der Waals surface area (Å²) in [6.07, 6.45) is 4.47. The molecule has 4 rings (SSSR count). The van der Waals surface area contributed by atoms with E-state index in [4.69, 9.17) is 23.2 Å². The van der Waals surface area contributed by atoms with E-state index >= 15 is 0 Å². The molecule has 0 radical (unpaired) electrons. The van der Waals surface area contributed by atoms with Gasteiger partial charge in [-0.3, -0.25) is 24.5 Å². The zero-order valence-electron chi connectivity index (χ0n) is 16.6. The predicted molar refractivity (Wildman–Crippen MR) is 117 cm³/mol. The van der Waals surface area contributed by atoms with Crippen molar-refractivity contribution in [3.05, 3.63) is 85.9 Å². The molecule has 0 bridgehead atoms. The molecule has 1 fully saturated rings. The molecule has 0 spiro atoms. The number of nitrogens with zero attached hydrogens (tertiary/aromatic N) is 3. The SMILES string of the molecule is O=C(c1ccc(Cl)cc1)N(Cc1ccc(Cl)cc1[N+](=O)[O-])N1C(=O)[C@H]2CC=CC[C@@H]2C1=O. The first-order valence-corrected chi connectivity index (χ1v) is 10.6. The van der Waals surface area contributed by atoms with Gasteiger partial charge in [0.05, 0.1) is 28.9 Å². The highest BCUT2D eigenvalue weighted by Crippen LogP contribution is 2.37. The number of hydrogen-bond acceptors (Lipinski definition) is 5. The van der Waals surface area contributed by atoms with Crippen LogP contribution in [0.4, 0.5) is 5.69 Å². The Labute approximate surface area is 193 Å². The summed E-state index contributed by atoms with van der Waals surface area (Å²) in [7, 11) is 0. The summed E-state index contributed by atoms with van der Waals surface area (Å²) in [5, 5.41) is 13.9. The molecule has 2 aromatic rings. The maximum absolute atomic E-state index is 13.4. The van der Waals surface area contributed by atoms with E-state index in [9.17, 15) is 24.5 Å². The standard InChI is InChI=1S/C22H17Cl2N3O5/c23-15-8-5-13(6-9-15)20(28)25(12-14-7-10-16(24)11-19(14)27(31)32)26-21(29)17-3-1-2-4-18(17)22(26)30/h1-2,5-11,17-18H,3-4,12H2/t17-,18-/m0/s1. The van der Waals surface area contributed by atoms with Crippen molar-refractivity contribution in [3.63, 3.8) is 0 Å². The van der Waals surface area contributed by atoms with Gasteiger partial charge in [-0.05, 0) is 49.2 Å². The van der Waals surface area contributed by atoms with Gasteiger partial charge < -0.3 is 0 Å². The average Bonchev–Trinajstić information content (AvgIpc) is 3.03. The minimum absolute atomic E-state index is 0.135. The number of halogens is 2. The van der Waals surface area contributed by atoms with E-state index in [0.29, 0.717) is 17.9 Å². The summed E-state index contributed by atoms with van der Waals surface area (Å²) in [5.74, 6) is -2.77. The highest BCUT2D eigenvalue weighted by Gasteiger charge is 2.51. The second-order valence-electron chi connectivity index (χ2n) is 7.54. The van der Waals surface area contributed by atoms with Gasteiger partial charge >= 0.3 is 0 Å². The Bertz CT molecular complexity index is 1120. The van der Waals surface area contributed by atoms with Crippen LogP contribution in [0.5, 0.6) is 0 Å². The van der Waals surface area contributed by atoms with Gasteiger partial charge in [-0.25, -0.2) is 5.01 Å². The van der Waals surface area contributed by atoms with Crippen molar-refractivity contribution >= 4 is 46.6 Å². The number of nitro benzene ring substituents is 1. The zero-order chi connectivity index (χ0) is 23.0. The minimum atomic E-state index is -0.653. The molecule has 1 heterocycles. The molecule has 0 aromatic heterocycles. The number of carbonyl (C=O) groups is 3. The number of nitro groups is 1. The van der Waals surface area contributed by atoms with Crippen LogP contribution < -0.4 is 0 Å². The van der Waals surface area contributed by atoms with Crippen LogP contribution in [-0.4, -0.2) is 32.7 Å². The maximum atomic E-state index is 13.4. The van der Waals surface area contributed by atoms with Gasteiger partial charge in [0, 0.05) is 21.7 Å². The summed E-state index contributed by atoms with van der Waals surface area (Å²) in [4.78, 5) is 50.6. The Morgan fingerprint density at radius 3 is 2.12 bits per heavy atom. The maximum Gasteiger partial charge on any atom is 0.275 e. The molecule has 0 saturated carbocycles. The van der Waals surface area contributed by atoms with Gasteiger partial charge in [-0.15, -0.1) is 0 Å². The van der Waals surface area contributed by atoms with Gasteiger partial charge in [-0.1, -0.05) is 35.4 Å². The van der Waals surface area contributed by atoms with E-state index in [0.717, 1.165) is 10.0 Å². The zero-order valence-corrected chi connectivity index (χ0v) is 18.1. The fraction of sp³-hybridized carbons (Fsp3) is 0.227. The predicted octanol–water partition coefficient (Wildman–Crippen LogP) is 4.41. The normalized spacial score (nSPS) is 19.8. The van der Waals surface area contributed by atoms with E-state index in [1.54, 1.807) is 0 Å². The summed E-state index contributed by atoms with van der Waals surface area (Å²) in [6, 6.07) is 9.97. The third kappa shape index (κ3) is 3.99. The van der Waals surface area contributed by atoms with Crippen LogP contribution in [0.25, 0.3) is 0 Å². The fourth-order valence-electron chi connectivity index (χ4n) is 4.00. The number of amides is 3. The van der Waals surface area contributed by atoms with Crippen molar-refractivity contribution in [2.24, 2.45) is 11.8 Å². The first kappa shape index (κ1) is 22.0.